The van der Waals surface area contributed by atoms with Crippen molar-refractivity contribution in [2.24, 2.45) is 0 Å². The minimum absolute atomic E-state index is 0.245. The van der Waals surface area contributed by atoms with Crippen molar-refractivity contribution >= 4 is 0 Å². The lowest BCUT2D eigenvalue weighted by atomic mass is 9.85. The van der Waals surface area contributed by atoms with Gasteiger partial charge in [0.15, 0.2) is 0 Å². The van der Waals surface area contributed by atoms with Crippen LogP contribution in [0.15, 0.2) is 30.5 Å². The average Bonchev–Trinajstić information content (AvgIpc) is 2.85. The summed E-state index contributed by atoms with van der Waals surface area (Å²) in [6.07, 6.45) is 5.24. The van der Waals surface area contributed by atoms with Gasteiger partial charge in [-0.3, -0.25) is 0 Å². The van der Waals surface area contributed by atoms with Crippen LogP contribution < -0.4 is 0 Å². The molecule has 3 rings (SSSR count). The van der Waals surface area contributed by atoms with Gasteiger partial charge in [0.25, 0.3) is 0 Å². The molecule has 0 bridgehead atoms. The van der Waals surface area contributed by atoms with Gasteiger partial charge in [-0.15, -0.1) is 0 Å². The van der Waals surface area contributed by atoms with E-state index in [-0.39, 0.29) is 11.7 Å². The van der Waals surface area contributed by atoms with Crippen molar-refractivity contribution in [2.75, 3.05) is 0 Å². The number of benzene rings is 1. The first kappa shape index (κ1) is 11.9. The number of para-hydroxylation sites is 1. The minimum atomic E-state index is -0.268. The summed E-state index contributed by atoms with van der Waals surface area (Å²) in [4.78, 5) is 0. The Hall–Kier alpha value is -2.15. The summed E-state index contributed by atoms with van der Waals surface area (Å²) in [5.74, 6) is -0.0231. The van der Waals surface area contributed by atoms with E-state index in [9.17, 15) is 4.39 Å². The number of nitriles is 1. The topological polar surface area (TPSA) is 41.6 Å². The van der Waals surface area contributed by atoms with Crippen LogP contribution in [0.4, 0.5) is 4.39 Å². The Morgan fingerprint density at radius 1 is 1.42 bits per heavy atom. The summed E-state index contributed by atoms with van der Waals surface area (Å²) in [7, 11) is 0. The molecule has 19 heavy (non-hydrogen) atoms. The Morgan fingerprint density at radius 3 is 3.05 bits per heavy atom. The highest BCUT2D eigenvalue weighted by atomic mass is 19.1. The molecule has 1 aromatic carbocycles. The Balaban J connectivity index is 2.07. The SMILES string of the molecule is N#CCC1CCCc2c1cnn2-c1ccccc1F. The van der Waals surface area contributed by atoms with Gasteiger partial charge in [-0.2, -0.15) is 10.4 Å². The van der Waals surface area contributed by atoms with Crippen molar-refractivity contribution in [3.63, 3.8) is 0 Å². The van der Waals surface area contributed by atoms with Gasteiger partial charge in [0.05, 0.1) is 12.3 Å². The van der Waals surface area contributed by atoms with Crippen molar-refractivity contribution in [3.05, 3.63) is 47.5 Å². The molecule has 96 valence electrons. The Kier molecular flexibility index (Phi) is 3.04. The standard InChI is InChI=1S/C15H14FN3/c16-13-5-1-2-6-15(13)19-14-7-3-4-11(8-9-17)12(14)10-18-19/h1-2,5-6,10-11H,3-4,7-8H2. The molecule has 0 aliphatic heterocycles. The van der Waals surface area contributed by atoms with Crippen LogP contribution in [0.1, 0.15) is 36.4 Å². The van der Waals surface area contributed by atoms with E-state index in [1.807, 2.05) is 6.07 Å². The Morgan fingerprint density at radius 2 is 2.26 bits per heavy atom. The minimum Gasteiger partial charge on any atom is -0.235 e. The summed E-state index contributed by atoms with van der Waals surface area (Å²) in [6, 6.07) is 8.89. The van der Waals surface area contributed by atoms with E-state index in [0.29, 0.717) is 12.1 Å². The van der Waals surface area contributed by atoms with Crippen LogP contribution in [-0.4, -0.2) is 9.78 Å². The first-order chi connectivity index (χ1) is 9.31. The van der Waals surface area contributed by atoms with Crippen molar-refractivity contribution in [1.29, 1.82) is 5.26 Å². The number of rotatable bonds is 2. The third-order valence-corrected chi connectivity index (χ3v) is 3.73. The molecule has 0 amide bonds. The number of aromatic nitrogens is 2. The quantitative estimate of drug-likeness (QED) is 0.825. The zero-order chi connectivity index (χ0) is 13.2. The number of hydrogen-bond acceptors (Lipinski definition) is 2. The summed E-state index contributed by atoms with van der Waals surface area (Å²) in [5.41, 5.74) is 2.65. The van der Waals surface area contributed by atoms with Crippen LogP contribution >= 0.6 is 0 Å². The molecule has 2 aromatic rings. The number of halogens is 1. The third kappa shape index (κ3) is 2.01. The normalized spacial score (nSPS) is 17.8. The number of hydrogen-bond donors (Lipinski definition) is 0. The highest BCUT2D eigenvalue weighted by molar-refractivity contribution is 5.38. The lowest BCUT2D eigenvalue weighted by molar-refractivity contribution is 0.545. The average molecular weight is 255 g/mol. The second kappa shape index (κ2) is 4.85. The highest BCUT2D eigenvalue weighted by Gasteiger charge is 2.25. The van der Waals surface area contributed by atoms with Gasteiger partial charge in [0, 0.05) is 18.0 Å². The fraction of sp³-hybridized carbons (Fsp3) is 0.333. The molecule has 1 aliphatic rings. The molecule has 1 atom stereocenters. The molecular weight excluding hydrogens is 241 g/mol. The van der Waals surface area contributed by atoms with Gasteiger partial charge >= 0.3 is 0 Å². The maximum atomic E-state index is 13.9. The molecule has 0 saturated heterocycles. The van der Waals surface area contributed by atoms with Crippen LogP contribution in [0.25, 0.3) is 5.69 Å². The van der Waals surface area contributed by atoms with E-state index in [4.69, 9.17) is 5.26 Å². The molecule has 1 unspecified atom stereocenters. The molecule has 4 heteroatoms. The molecule has 0 saturated carbocycles. The largest absolute Gasteiger partial charge is 0.235 e. The summed E-state index contributed by atoms with van der Waals surface area (Å²) >= 11 is 0. The maximum Gasteiger partial charge on any atom is 0.148 e. The molecule has 0 fully saturated rings. The predicted octanol–water partition coefficient (Wildman–Crippen LogP) is 3.34. The first-order valence-corrected chi connectivity index (χ1v) is 6.50. The molecule has 1 aliphatic carbocycles. The second-order valence-corrected chi connectivity index (χ2v) is 4.86. The molecule has 1 heterocycles. The first-order valence-electron chi connectivity index (χ1n) is 6.50. The zero-order valence-corrected chi connectivity index (χ0v) is 10.5. The van der Waals surface area contributed by atoms with Crippen molar-refractivity contribution < 1.29 is 4.39 Å². The number of fused-ring (bicyclic) bond motifs is 1. The summed E-state index contributed by atoms with van der Waals surface area (Å²) < 4.78 is 15.5. The van der Waals surface area contributed by atoms with E-state index in [2.05, 4.69) is 11.2 Å². The van der Waals surface area contributed by atoms with Gasteiger partial charge < -0.3 is 0 Å². The summed E-state index contributed by atoms with van der Waals surface area (Å²) in [5, 5.41) is 13.2. The Bertz CT molecular complexity index is 639. The molecule has 0 spiro atoms. The van der Waals surface area contributed by atoms with Crippen molar-refractivity contribution in [2.45, 2.75) is 31.6 Å². The van der Waals surface area contributed by atoms with E-state index in [1.165, 1.54) is 6.07 Å². The monoisotopic (exact) mass is 255 g/mol. The fourth-order valence-electron chi connectivity index (χ4n) is 2.80. The zero-order valence-electron chi connectivity index (χ0n) is 10.5. The van der Waals surface area contributed by atoms with Crippen LogP contribution in [0.3, 0.4) is 0 Å². The van der Waals surface area contributed by atoms with Gasteiger partial charge in [0.1, 0.15) is 11.5 Å². The molecule has 0 N–H and O–H groups in total. The third-order valence-electron chi connectivity index (χ3n) is 3.73. The van der Waals surface area contributed by atoms with Gasteiger partial charge in [0.2, 0.25) is 0 Å². The van der Waals surface area contributed by atoms with E-state index in [1.54, 1.807) is 23.0 Å². The smallest absolute Gasteiger partial charge is 0.148 e. The van der Waals surface area contributed by atoms with E-state index < -0.39 is 0 Å². The summed E-state index contributed by atoms with van der Waals surface area (Å²) in [6.45, 7) is 0. The van der Waals surface area contributed by atoms with E-state index in [0.717, 1.165) is 30.5 Å². The fourth-order valence-corrected chi connectivity index (χ4v) is 2.80. The van der Waals surface area contributed by atoms with Crippen LogP contribution in [0.2, 0.25) is 0 Å². The molecule has 0 radical (unpaired) electrons. The lowest BCUT2D eigenvalue weighted by Gasteiger charge is -2.21. The molecule has 1 aromatic heterocycles. The van der Waals surface area contributed by atoms with Crippen LogP contribution in [-0.2, 0) is 6.42 Å². The van der Waals surface area contributed by atoms with E-state index >= 15 is 0 Å². The molecular formula is C15H14FN3. The van der Waals surface area contributed by atoms with Crippen LogP contribution in [0.5, 0.6) is 0 Å². The van der Waals surface area contributed by atoms with Gasteiger partial charge in [-0.25, -0.2) is 9.07 Å². The van der Waals surface area contributed by atoms with Crippen molar-refractivity contribution in [3.8, 4) is 11.8 Å². The predicted molar refractivity (Wildman–Crippen MR) is 69.4 cm³/mol. The second-order valence-electron chi connectivity index (χ2n) is 4.86. The highest BCUT2D eigenvalue weighted by Crippen LogP contribution is 2.34. The maximum absolute atomic E-state index is 13.9. The molecule has 3 nitrogen and oxygen atoms in total. The van der Waals surface area contributed by atoms with Crippen LogP contribution in [0, 0.1) is 17.1 Å². The number of nitrogens with zero attached hydrogens (tertiary/aromatic N) is 3. The van der Waals surface area contributed by atoms with Crippen molar-refractivity contribution in [1.82, 2.24) is 9.78 Å². The van der Waals surface area contributed by atoms with Gasteiger partial charge in [-0.05, 0) is 37.0 Å². The van der Waals surface area contributed by atoms with Gasteiger partial charge in [-0.1, -0.05) is 12.1 Å². The lowest BCUT2D eigenvalue weighted by Crippen LogP contribution is -2.12. The Labute approximate surface area is 111 Å².